The molecule has 1 aromatic carbocycles. The van der Waals surface area contributed by atoms with E-state index in [0.29, 0.717) is 6.04 Å². The van der Waals surface area contributed by atoms with Crippen LogP contribution in [0.3, 0.4) is 0 Å². The Balaban J connectivity index is 2.19. The van der Waals surface area contributed by atoms with Gasteiger partial charge >= 0.3 is 0 Å². The summed E-state index contributed by atoms with van der Waals surface area (Å²) in [5.74, 6) is 0. The fraction of sp³-hybridized carbons (Fsp3) is 0.417. The van der Waals surface area contributed by atoms with E-state index in [4.69, 9.17) is 11.6 Å². The Labute approximate surface area is 105 Å². The fourth-order valence-corrected chi connectivity index (χ4v) is 2.96. The van der Waals surface area contributed by atoms with Crippen LogP contribution in [0.15, 0.2) is 18.2 Å². The van der Waals surface area contributed by atoms with Gasteiger partial charge in [0.1, 0.15) is 0 Å². The molecule has 0 amide bonds. The number of likely N-dealkylation sites (N-methyl/N-ethyl adjacent to an activating group) is 1. The van der Waals surface area contributed by atoms with Crippen molar-refractivity contribution in [2.75, 3.05) is 6.54 Å². The molecule has 1 aromatic heterocycles. The minimum absolute atomic E-state index is 0.473. The zero-order chi connectivity index (χ0) is 11.5. The van der Waals surface area contributed by atoms with E-state index in [9.17, 15) is 0 Å². The number of nitrogens with one attached hydrogen (secondary N) is 1. The third-order valence-corrected chi connectivity index (χ3v) is 3.72. The Kier molecular flexibility index (Phi) is 3.79. The molecule has 0 aliphatic carbocycles. The fourth-order valence-electron chi connectivity index (χ4n) is 1.72. The van der Waals surface area contributed by atoms with Crippen LogP contribution in [0.2, 0.25) is 5.02 Å². The first kappa shape index (κ1) is 11.8. The molecule has 1 unspecified atom stereocenters. The van der Waals surface area contributed by atoms with Gasteiger partial charge in [0.2, 0.25) is 0 Å². The molecule has 2 nitrogen and oxygen atoms in total. The molecule has 0 spiro atoms. The molecule has 2 rings (SSSR count). The maximum Gasteiger partial charge on any atom is 0.0954 e. The zero-order valence-electron chi connectivity index (χ0n) is 9.46. The van der Waals surface area contributed by atoms with Crippen molar-refractivity contribution >= 4 is 33.2 Å². The highest BCUT2D eigenvalue weighted by Gasteiger charge is 2.07. The maximum absolute atomic E-state index is 5.94. The van der Waals surface area contributed by atoms with Crippen LogP contribution in [0.1, 0.15) is 18.9 Å². The number of hydrogen-bond donors (Lipinski definition) is 1. The van der Waals surface area contributed by atoms with Crippen molar-refractivity contribution < 1.29 is 0 Å². The van der Waals surface area contributed by atoms with E-state index in [1.54, 1.807) is 11.3 Å². The van der Waals surface area contributed by atoms with Crippen LogP contribution in [0.4, 0.5) is 0 Å². The van der Waals surface area contributed by atoms with Gasteiger partial charge in [-0.1, -0.05) is 18.5 Å². The summed E-state index contributed by atoms with van der Waals surface area (Å²) in [4.78, 5) is 4.59. The van der Waals surface area contributed by atoms with Crippen molar-refractivity contribution in [3.8, 4) is 0 Å². The lowest BCUT2D eigenvalue weighted by molar-refractivity contribution is 0.564. The van der Waals surface area contributed by atoms with Gasteiger partial charge < -0.3 is 5.32 Å². The summed E-state index contributed by atoms with van der Waals surface area (Å²) in [6.45, 7) is 5.30. The lowest BCUT2D eigenvalue weighted by Gasteiger charge is -2.08. The summed E-state index contributed by atoms with van der Waals surface area (Å²) >= 11 is 7.69. The minimum atomic E-state index is 0.473. The predicted molar refractivity (Wildman–Crippen MR) is 71.5 cm³/mol. The van der Waals surface area contributed by atoms with E-state index >= 15 is 0 Å². The molecule has 86 valence electrons. The SMILES string of the molecule is CCNC(C)Cc1nc2cc(Cl)ccc2s1. The average molecular weight is 255 g/mol. The Morgan fingerprint density at radius 1 is 1.50 bits per heavy atom. The Morgan fingerprint density at radius 3 is 3.06 bits per heavy atom. The first-order valence-corrected chi connectivity index (χ1v) is 6.67. The molecule has 1 heterocycles. The third kappa shape index (κ3) is 2.73. The van der Waals surface area contributed by atoms with Crippen LogP contribution in [-0.4, -0.2) is 17.6 Å². The van der Waals surface area contributed by atoms with Gasteiger partial charge in [0.05, 0.1) is 15.2 Å². The second-order valence-electron chi connectivity index (χ2n) is 3.88. The van der Waals surface area contributed by atoms with Crippen molar-refractivity contribution in [1.82, 2.24) is 10.3 Å². The zero-order valence-corrected chi connectivity index (χ0v) is 11.0. The van der Waals surface area contributed by atoms with Crippen molar-refractivity contribution in [3.05, 3.63) is 28.2 Å². The monoisotopic (exact) mass is 254 g/mol. The van der Waals surface area contributed by atoms with Gasteiger partial charge in [0.15, 0.2) is 0 Å². The van der Waals surface area contributed by atoms with E-state index in [1.807, 2.05) is 18.2 Å². The van der Waals surface area contributed by atoms with E-state index in [-0.39, 0.29) is 0 Å². The average Bonchev–Trinajstić information content (AvgIpc) is 2.59. The van der Waals surface area contributed by atoms with Crippen LogP contribution in [0.25, 0.3) is 10.2 Å². The van der Waals surface area contributed by atoms with Crippen molar-refractivity contribution in [1.29, 1.82) is 0 Å². The van der Waals surface area contributed by atoms with E-state index in [2.05, 4.69) is 24.1 Å². The second-order valence-corrected chi connectivity index (χ2v) is 5.43. The van der Waals surface area contributed by atoms with Crippen molar-refractivity contribution in [2.24, 2.45) is 0 Å². The number of rotatable bonds is 4. The molecule has 4 heteroatoms. The minimum Gasteiger partial charge on any atom is -0.314 e. The lowest BCUT2D eigenvalue weighted by atomic mass is 10.2. The number of halogens is 1. The highest BCUT2D eigenvalue weighted by atomic mass is 35.5. The van der Waals surface area contributed by atoms with Gasteiger partial charge in [-0.2, -0.15) is 0 Å². The normalized spacial score (nSPS) is 13.2. The van der Waals surface area contributed by atoms with Gasteiger partial charge in [0.25, 0.3) is 0 Å². The first-order valence-electron chi connectivity index (χ1n) is 5.47. The number of aromatic nitrogens is 1. The molecular formula is C12H15ClN2S. The molecule has 0 bridgehead atoms. The van der Waals surface area contributed by atoms with Gasteiger partial charge in [-0.25, -0.2) is 4.98 Å². The number of fused-ring (bicyclic) bond motifs is 1. The standard InChI is InChI=1S/C12H15ClN2S/c1-3-14-8(2)6-12-15-10-7-9(13)4-5-11(10)16-12/h4-5,7-8,14H,3,6H2,1-2H3. The molecule has 1 N–H and O–H groups in total. The molecular weight excluding hydrogens is 240 g/mol. The number of benzene rings is 1. The van der Waals surface area contributed by atoms with Crippen LogP contribution >= 0.6 is 22.9 Å². The quantitative estimate of drug-likeness (QED) is 0.904. The summed E-state index contributed by atoms with van der Waals surface area (Å²) in [6, 6.07) is 6.35. The Bertz CT molecular complexity index is 481. The van der Waals surface area contributed by atoms with Crippen LogP contribution in [0.5, 0.6) is 0 Å². The summed E-state index contributed by atoms with van der Waals surface area (Å²) < 4.78 is 1.21. The summed E-state index contributed by atoms with van der Waals surface area (Å²) in [7, 11) is 0. The van der Waals surface area contributed by atoms with Crippen LogP contribution in [0, 0.1) is 0 Å². The number of nitrogens with zero attached hydrogens (tertiary/aromatic N) is 1. The molecule has 0 saturated heterocycles. The molecule has 16 heavy (non-hydrogen) atoms. The van der Waals surface area contributed by atoms with Gasteiger partial charge in [-0.15, -0.1) is 11.3 Å². The summed E-state index contributed by atoms with van der Waals surface area (Å²) in [6.07, 6.45) is 0.977. The molecule has 0 aliphatic rings. The highest BCUT2D eigenvalue weighted by Crippen LogP contribution is 2.25. The van der Waals surface area contributed by atoms with Crippen molar-refractivity contribution in [3.63, 3.8) is 0 Å². The first-order chi connectivity index (χ1) is 7.69. The molecule has 0 aliphatic heterocycles. The predicted octanol–water partition coefficient (Wildman–Crippen LogP) is 3.49. The Morgan fingerprint density at radius 2 is 2.31 bits per heavy atom. The highest BCUT2D eigenvalue weighted by molar-refractivity contribution is 7.18. The number of thiazole rings is 1. The second kappa shape index (κ2) is 5.13. The molecule has 0 saturated carbocycles. The van der Waals surface area contributed by atoms with Crippen molar-refractivity contribution in [2.45, 2.75) is 26.3 Å². The smallest absolute Gasteiger partial charge is 0.0954 e. The Hall–Kier alpha value is -0.640. The van der Waals surface area contributed by atoms with Crippen LogP contribution < -0.4 is 5.32 Å². The maximum atomic E-state index is 5.94. The molecule has 0 radical (unpaired) electrons. The topological polar surface area (TPSA) is 24.9 Å². The third-order valence-electron chi connectivity index (χ3n) is 2.43. The van der Waals surface area contributed by atoms with E-state index < -0.39 is 0 Å². The van der Waals surface area contributed by atoms with Gasteiger partial charge in [-0.3, -0.25) is 0 Å². The van der Waals surface area contributed by atoms with E-state index in [0.717, 1.165) is 23.5 Å². The van der Waals surface area contributed by atoms with Gasteiger partial charge in [0, 0.05) is 17.5 Å². The molecule has 0 fully saturated rings. The summed E-state index contributed by atoms with van der Waals surface area (Å²) in [5, 5.41) is 5.32. The number of hydrogen-bond acceptors (Lipinski definition) is 3. The van der Waals surface area contributed by atoms with E-state index in [1.165, 1.54) is 9.71 Å². The summed E-state index contributed by atoms with van der Waals surface area (Å²) in [5.41, 5.74) is 1.01. The van der Waals surface area contributed by atoms with Gasteiger partial charge in [-0.05, 0) is 31.7 Å². The largest absolute Gasteiger partial charge is 0.314 e. The van der Waals surface area contributed by atoms with Crippen LogP contribution in [-0.2, 0) is 6.42 Å². The molecule has 1 atom stereocenters. The molecule has 2 aromatic rings. The lowest BCUT2D eigenvalue weighted by Crippen LogP contribution is -2.27.